The van der Waals surface area contributed by atoms with E-state index in [0.29, 0.717) is 5.75 Å². The minimum atomic E-state index is -1.25. The first-order valence-corrected chi connectivity index (χ1v) is 15.2. The number of carbonyl (C=O) groups excluding carboxylic acids is 3. The Bertz CT molecular complexity index is 1590. The van der Waals surface area contributed by atoms with Gasteiger partial charge in [0.15, 0.2) is 0 Å². The summed E-state index contributed by atoms with van der Waals surface area (Å²) in [4.78, 5) is 58.0. The minimum absolute atomic E-state index is 0.0343. The number of para-hydroxylation sites is 2. The molecule has 0 aliphatic heterocycles. The number of aromatic amines is 2. The molecule has 228 valence electrons. The van der Waals surface area contributed by atoms with E-state index in [0.717, 1.165) is 32.9 Å². The highest BCUT2D eigenvalue weighted by atomic mass is 32.2. The third kappa shape index (κ3) is 7.95. The van der Waals surface area contributed by atoms with Crippen molar-refractivity contribution in [3.63, 3.8) is 0 Å². The molecular weight excluding hydrogens is 572 g/mol. The topological polar surface area (TPSA) is 202 Å². The lowest BCUT2D eigenvalue weighted by molar-refractivity contribution is -0.142. The molecule has 0 radical (unpaired) electrons. The molecule has 0 aliphatic rings. The molecule has 43 heavy (non-hydrogen) atoms. The van der Waals surface area contributed by atoms with Crippen LogP contribution in [0.2, 0.25) is 0 Å². The van der Waals surface area contributed by atoms with Gasteiger partial charge in [-0.15, -0.1) is 0 Å². The third-order valence-electron chi connectivity index (χ3n) is 7.22. The van der Waals surface area contributed by atoms with E-state index in [-0.39, 0.29) is 19.3 Å². The van der Waals surface area contributed by atoms with Crippen molar-refractivity contribution >= 4 is 57.3 Å². The Kier molecular flexibility index (Phi) is 10.8. The van der Waals surface area contributed by atoms with Crippen molar-refractivity contribution in [1.82, 2.24) is 25.9 Å². The number of carboxylic acids is 1. The second-order valence-corrected chi connectivity index (χ2v) is 11.2. The first kappa shape index (κ1) is 31.6. The number of aliphatic carboxylic acids is 1. The van der Waals surface area contributed by atoms with Crippen molar-refractivity contribution in [3.8, 4) is 0 Å². The number of hydrogen-bond donors (Lipinski definition) is 8. The minimum Gasteiger partial charge on any atom is -0.480 e. The second kappa shape index (κ2) is 14.7. The van der Waals surface area contributed by atoms with Gasteiger partial charge in [0.2, 0.25) is 17.7 Å². The lowest BCUT2D eigenvalue weighted by Crippen LogP contribution is -2.58. The van der Waals surface area contributed by atoms with E-state index < -0.39 is 54.5 Å². The van der Waals surface area contributed by atoms with Crippen LogP contribution >= 0.6 is 11.8 Å². The number of nitrogens with one attached hydrogen (secondary N) is 5. The molecule has 2 aromatic heterocycles. The number of amides is 3. The number of carboxylic acid groups (broad SMARTS) is 1. The fraction of sp³-hybridized carbons (Fsp3) is 0.333. The van der Waals surface area contributed by atoms with Crippen LogP contribution in [0.25, 0.3) is 21.8 Å². The fourth-order valence-corrected chi connectivity index (χ4v) is 5.33. The number of aliphatic hydroxyl groups is 1. The molecule has 0 bridgehead atoms. The smallest absolute Gasteiger partial charge is 0.326 e. The molecule has 4 unspecified atom stereocenters. The van der Waals surface area contributed by atoms with Crippen LogP contribution in [0.15, 0.2) is 60.9 Å². The van der Waals surface area contributed by atoms with Crippen molar-refractivity contribution in [2.24, 2.45) is 5.73 Å². The van der Waals surface area contributed by atoms with Crippen LogP contribution in [-0.4, -0.2) is 86.7 Å². The van der Waals surface area contributed by atoms with E-state index in [4.69, 9.17) is 5.73 Å². The summed E-state index contributed by atoms with van der Waals surface area (Å²) in [6.45, 7) is -0.612. The number of benzene rings is 2. The van der Waals surface area contributed by atoms with E-state index >= 15 is 0 Å². The molecule has 0 spiro atoms. The van der Waals surface area contributed by atoms with Gasteiger partial charge in [-0.3, -0.25) is 14.4 Å². The number of rotatable bonds is 15. The third-order valence-corrected chi connectivity index (χ3v) is 7.87. The summed E-state index contributed by atoms with van der Waals surface area (Å²) in [5.74, 6) is -2.73. The van der Waals surface area contributed by atoms with Crippen LogP contribution in [0.4, 0.5) is 0 Å². The van der Waals surface area contributed by atoms with Gasteiger partial charge in [0.05, 0.1) is 6.61 Å². The van der Waals surface area contributed by atoms with E-state index in [9.17, 15) is 29.4 Å². The van der Waals surface area contributed by atoms with Crippen LogP contribution in [0.1, 0.15) is 17.5 Å². The lowest BCUT2D eigenvalue weighted by atomic mass is 10.0. The Balaban J connectivity index is 1.52. The highest BCUT2D eigenvalue weighted by Crippen LogP contribution is 2.21. The number of carbonyl (C=O) groups is 4. The van der Waals surface area contributed by atoms with Crippen LogP contribution < -0.4 is 21.7 Å². The molecule has 0 saturated carbocycles. The number of hydrogen-bond acceptors (Lipinski definition) is 7. The quantitative estimate of drug-likeness (QED) is 0.0978. The summed E-state index contributed by atoms with van der Waals surface area (Å²) in [7, 11) is 0. The molecule has 4 aromatic rings. The molecule has 2 heterocycles. The molecule has 9 N–H and O–H groups in total. The summed E-state index contributed by atoms with van der Waals surface area (Å²) >= 11 is 1.47. The van der Waals surface area contributed by atoms with Gasteiger partial charge in [-0.25, -0.2) is 4.79 Å². The SMILES string of the molecule is CSCCC(NC(=O)C(Cc1c[nH]c2ccccc12)NC(=O)C(N)CO)C(=O)NC(Cc1c[nH]c2ccccc12)C(=O)O. The van der Waals surface area contributed by atoms with Gasteiger partial charge in [-0.05, 0) is 41.7 Å². The van der Waals surface area contributed by atoms with Gasteiger partial charge in [-0.1, -0.05) is 36.4 Å². The molecule has 0 aliphatic carbocycles. The zero-order valence-electron chi connectivity index (χ0n) is 23.6. The number of nitrogens with two attached hydrogens (primary N) is 1. The maximum atomic E-state index is 13.6. The average molecular weight is 609 g/mol. The first-order valence-electron chi connectivity index (χ1n) is 13.8. The highest BCUT2D eigenvalue weighted by molar-refractivity contribution is 7.98. The maximum Gasteiger partial charge on any atom is 0.326 e. The van der Waals surface area contributed by atoms with Gasteiger partial charge in [0.1, 0.15) is 24.2 Å². The normalized spacial score (nSPS) is 14.1. The number of fused-ring (bicyclic) bond motifs is 2. The Hall–Kier alpha value is -4.33. The monoisotopic (exact) mass is 608 g/mol. The van der Waals surface area contributed by atoms with Gasteiger partial charge in [0, 0.05) is 47.0 Å². The number of thioether (sulfide) groups is 1. The molecule has 13 heteroatoms. The number of aromatic nitrogens is 2. The molecular formula is C30H36N6O6S. The van der Waals surface area contributed by atoms with Crippen LogP contribution in [0.3, 0.4) is 0 Å². The summed E-state index contributed by atoms with van der Waals surface area (Å²) < 4.78 is 0. The number of H-pyrrole nitrogens is 2. The van der Waals surface area contributed by atoms with E-state index in [1.165, 1.54) is 11.8 Å². The first-order chi connectivity index (χ1) is 20.7. The molecule has 4 atom stereocenters. The summed E-state index contributed by atoms with van der Waals surface area (Å²) in [5.41, 5.74) is 8.88. The summed E-state index contributed by atoms with van der Waals surface area (Å²) in [5, 5.41) is 28.9. The van der Waals surface area contributed by atoms with E-state index in [1.807, 2.05) is 54.8 Å². The fourth-order valence-electron chi connectivity index (χ4n) is 4.86. The van der Waals surface area contributed by atoms with Crippen molar-refractivity contribution in [2.75, 3.05) is 18.6 Å². The molecule has 12 nitrogen and oxygen atoms in total. The van der Waals surface area contributed by atoms with Gasteiger partial charge < -0.3 is 41.9 Å². The average Bonchev–Trinajstić information content (AvgIpc) is 3.61. The van der Waals surface area contributed by atoms with Crippen molar-refractivity contribution in [1.29, 1.82) is 0 Å². The Labute approximate surface area is 252 Å². The van der Waals surface area contributed by atoms with Crippen molar-refractivity contribution in [3.05, 3.63) is 72.1 Å². The van der Waals surface area contributed by atoms with Crippen LogP contribution in [-0.2, 0) is 32.0 Å². The van der Waals surface area contributed by atoms with Gasteiger partial charge in [0.25, 0.3) is 0 Å². The molecule has 0 saturated heterocycles. The zero-order chi connectivity index (χ0) is 30.9. The Morgan fingerprint density at radius 2 is 1.28 bits per heavy atom. The Morgan fingerprint density at radius 3 is 1.81 bits per heavy atom. The van der Waals surface area contributed by atoms with E-state index in [1.54, 1.807) is 12.4 Å². The maximum absolute atomic E-state index is 13.6. The van der Waals surface area contributed by atoms with Crippen molar-refractivity contribution < 1.29 is 29.4 Å². The predicted molar refractivity (Wildman–Crippen MR) is 165 cm³/mol. The molecule has 2 aromatic carbocycles. The predicted octanol–water partition coefficient (Wildman–Crippen LogP) is 1.05. The van der Waals surface area contributed by atoms with Crippen LogP contribution in [0, 0.1) is 0 Å². The standard InChI is InChI=1S/C30H36N6O6S/c1-43-11-10-24(28(39)36-26(30(41)42)13-18-15-33-23-9-5-3-7-20(18)23)34-29(40)25(35-27(38)21(31)16-37)12-17-14-32-22-8-4-2-6-19(17)22/h2-9,14-15,21,24-26,32-33,37H,10-13,16,31H2,1H3,(H,34,40)(H,35,38)(H,36,39)(H,41,42). The zero-order valence-corrected chi connectivity index (χ0v) is 24.4. The largest absolute Gasteiger partial charge is 0.480 e. The summed E-state index contributed by atoms with van der Waals surface area (Å²) in [6.07, 6.45) is 5.64. The highest BCUT2D eigenvalue weighted by Gasteiger charge is 2.31. The molecule has 4 rings (SSSR count). The molecule has 3 amide bonds. The Morgan fingerprint density at radius 1 is 0.791 bits per heavy atom. The van der Waals surface area contributed by atoms with E-state index in [2.05, 4.69) is 25.9 Å². The van der Waals surface area contributed by atoms with Gasteiger partial charge >= 0.3 is 5.97 Å². The van der Waals surface area contributed by atoms with Crippen LogP contribution in [0.5, 0.6) is 0 Å². The second-order valence-electron chi connectivity index (χ2n) is 10.2. The lowest BCUT2D eigenvalue weighted by Gasteiger charge is -2.25. The number of aliphatic hydroxyl groups excluding tert-OH is 1. The van der Waals surface area contributed by atoms with Gasteiger partial charge in [-0.2, -0.15) is 11.8 Å². The molecule has 0 fully saturated rings. The van der Waals surface area contributed by atoms with Crippen molar-refractivity contribution in [2.45, 2.75) is 43.4 Å². The summed E-state index contributed by atoms with van der Waals surface area (Å²) in [6, 6.07) is 10.3.